The molecule has 0 atom stereocenters. The monoisotopic (exact) mass is 351 g/mol. The number of nitriles is 1. The Hall–Kier alpha value is -2.88. The average molecular weight is 351 g/mol. The van der Waals surface area contributed by atoms with Crippen LogP contribution in [-0.2, 0) is 11.2 Å². The molecule has 0 aliphatic heterocycles. The number of pyridine rings is 1. The van der Waals surface area contributed by atoms with E-state index in [2.05, 4.69) is 27.3 Å². The predicted octanol–water partition coefficient (Wildman–Crippen LogP) is 2.24. The number of aromatic amines is 1. The molecule has 6 heteroatoms. The average Bonchev–Trinajstić information content (AvgIpc) is 3.03. The van der Waals surface area contributed by atoms with Gasteiger partial charge >= 0.3 is 0 Å². The summed E-state index contributed by atoms with van der Waals surface area (Å²) in [5, 5.41) is 22.0. The number of fused-ring (bicyclic) bond motifs is 3. The van der Waals surface area contributed by atoms with Gasteiger partial charge in [0.1, 0.15) is 22.7 Å². The van der Waals surface area contributed by atoms with E-state index >= 15 is 0 Å². The molecular weight excluding hydrogens is 328 g/mol. The van der Waals surface area contributed by atoms with Gasteiger partial charge in [-0.1, -0.05) is 18.2 Å². The van der Waals surface area contributed by atoms with E-state index in [1.54, 1.807) is 0 Å². The first kappa shape index (κ1) is 17.9. The highest BCUT2D eigenvalue weighted by Crippen LogP contribution is 2.25. The molecule has 0 bridgehead atoms. The minimum Gasteiger partial charge on any atom is -0.394 e. The molecule has 0 saturated heterocycles. The standard InChI is InChI=1S/C20H22N4O2/c1-3-6-15-14(2)16(13-21)20-23-17-7-4-5-8-18(17)24(20)19(15)22-9-11-26-12-10-25/h3-5,7-8,25H,1,6,9-12H2,2H3,(H,22,23)/p+1. The van der Waals surface area contributed by atoms with Crippen LogP contribution in [0.15, 0.2) is 36.9 Å². The van der Waals surface area contributed by atoms with Gasteiger partial charge < -0.3 is 15.2 Å². The van der Waals surface area contributed by atoms with Crippen LogP contribution in [0.3, 0.4) is 0 Å². The largest absolute Gasteiger partial charge is 0.394 e. The Morgan fingerprint density at radius 3 is 2.92 bits per heavy atom. The first-order chi connectivity index (χ1) is 12.7. The van der Waals surface area contributed by atoms with Crippen molar-refractivity contribution in [1.29, 1.82) is 5.26 Å². The number of imidazole rings is 1. The van der Waals surface area contributed by atoms with Crippen molar-refractivity contribution < 1.29 is 14.2 Å². The van der Waals surface area contributed by atoms with Crippen molar-refractivity contribution in [3.05, 3.63) is 53.6 Å². The molecule has 0 spiro atoms. The quantitative estimate of drug-likeness (QED) is 0.330. The van der Waals surface area contributed by atoms with Crippen molar-refractivity contribution in [2.45, 2.75) is 13.3 Å². The number of allylic oxidation sites excluding steroid dienone is 1. The van der Waals surface area contributed by atoms with E-state index in [-0.39, 0.29) is 6.61 Å². The normalized spacial score (nSPS) is 11.0. The van der Waals surface area contributed by atoms with Crippen molar-refractivity contribution in [3.63, 3.8) is 0 Å². The highest BCUT2D eigenvalue weighted by molar-refractivity contribution is 5.78. The lowest BCUT2D eigenvalue weighted by atomic mass is 10.0. The third kappa shape index (κ3) is 3.15. The number of hydrogen-bond acceptors (Lipinski definition) is 4. The van der Waals surface area contributed by atoms with Crippen LogP contribution in [0.1, 0.15) is 16.7 Å². The van der Waals surface area contributed by atoms with E-state index in [4.69, 9.17) is 9.84 Å². The molecule has 134 valence electrons. The summed E-state index contributed by atoms with van der Waals surface area (Å²) in [6, 6.07) is 10.3. The molecule has 2 aromatic heterocycles. The Kier molecular flexibility index (Phi) is 5.52. The molecule has 1 aromatic carbocycles. The van der Waals surface area contributed by atoms with E-state index in [9.17, 15) is 5.26 Å². The van der Waals surface area contributed by atoms with Gasteiger partial charge in [0, 0.05) is 5.56 Å². The first-order valence-corrected chi connectivity index (χ1v) is 8.64. The molecule has 26 heavy (non-hydrogen) atoms. The molecule has 3 N–H and O–H groups in total. The minimum atomic E-state index is 0.0130. The molecule has 0 amide bonds. The van der Waals surface area contributed by atoms with Crippen molar-refractivity contribution in [2.24, 2.45) is 0 Å². The fourth-order valence-electron chi connectivity index (χ4n) is 3.25. The second kappa shape index (κ2) is 8.00. The van der Waals surface area contributed by atoms with Gasteiger partial charge in [0.25, 0.3) is 0 Å². The van der Waals surface area contributed by atoms with E-state index in [1.165, 1.54) is 0 Å². The molecule has 2 heterocycles. The fraction of sp³-hybridized carbons (Fsp3) is 0.300. The fourth-order valence-corrected chi connectivity index (χ4v) is 3.25. The van der Waals surface area contributed by atoms with Gasteiger partial charge in [-0.2, -0.15) is 9.66 Å². The van der Waals surface area contributed by atoms with Crippen molar-refractivity contribution in [3.8, 4) is 6.07 Å². The Balaban J connectivity index is 2.19. The number of nitrogens with zero attached hydrogens (tertiary/aromatic N) is 2. The predicted molar refractivity (Wildman–Crippen MR) is 101 cm³/mol. The van der Waals surface area contributed by atoms with Gasteiger partial charge in [-0.25, -0.2) is 0 Å². The zero-order chi connectivity index (χ0) is 18.5. The van der Waals surface area contributed by atoms with Crippen molar-refractivity contribution in [2.75, 3.05) is 31.7 Å². The van der Waals surface area contributed by atoms with Gasteiger partial charge in [0.05, 0.1) is 26.4 Å². The van der Waals surface area contributed by atoms with Crippen LogP contribution < -0.4 is 9.72 Å². The Morgan fingerprint density at radius 1 is 1.38 bits per heavy atom. The smallest absolute Gasteiger partial charge is 0.250 e. The second-order valence-corrected chi connectivity index (χ2v) is 6.02. The van der Waals surface area contributed by atoms with Crippen LogP contribution in [0.5, 0.6) is 0 Å². The number of rotatable bonds is 8. The summed E-state index contributed by atoms with van der Waals surface area (Å²) in [6.07, 6.45) is 2.50. The maximum Gasteiger partial charge on any atom is 0.250 e. The number of aromatic nitrogens is 2. The number of aliphatic hydroxyl groups is 1. The second-order valence-electron chi connectivity index (χ2n) is 6.02. The molecule has 0 saturated carbocycles. The number of benzene rings is 1. The summed E-state index contributed by atoms with van der Waals surface area (Å²) >= 11 is 0. The number of anilines is 1. The molecule has 0 fully saturated rings. The van der Waals surface area contributed by atoms with Crippen LogP contribution in [0.25, 0.3) is 16.7 Å². The van der Waals surface area contributed by atoms with Crippen LogP contribution in [0.2, 0.25) is 0 Å². The molecule has 0 aliphatic carbocycles. The van der Waals surface area contributed by atoms with E-state index < -0.39 is 0 Å². The molecule has 3 aromatic rings. The molecule has 0 unspecified atom stereocenters. The summed E-state index contributed by atoms with van der Waals surface area (Å²) < 4.78 is 7.42. The number of hydrogen-bond donors (Lipinski definition) is 3. The lowest BCUT2D eigenvalue weighted by Crippen LogP contribution is -2.31. The summed E-state index contributed by atoms with van der Waals surface area (Å²) in [7, 11) is 0. The third-order valence-electron chi connectivity index (χ3n) is 4.43. The minimum absolute atomic E-state index is 0.0130. The molecule has 0 radical (unpaired) electrons. The summed E-state index contributed by atoms with van der Waals surface area (Å²) in [5.74, 6) is 0.932. The lowest BCUT2D eigenvalue weighted by Gasteiger charge is -2.13. The van der Waals surface area contributed by atoms with Crippen LogP contribution in [0, 0.1) is 18.3 Å². The summed E-state index contributed by atoms with van der Waals surface area (Å²) in [4.78, 5) is 3.37. The number of para-hydroxylation sites is 2. The highest BCUT2D eigenvalue weighted by atomic mass is 16.5. The zero-order valence-electron chi connectivity index (χ0n) is 14.9. The van der Waals surface area contributed by atoms with Gasteiger partial charge in [0.2, 0.25) is 11.5 Å². The highest BCUT2D eigenvalue weighted by Gasteiger charge is 2.24. The Bertz CT molecular complexity index is 985. The van der Waals surface area contributed by atoms with Crippen LogP contribution in [0.4, 0.5) is 5.82 Å². The van der Waals surface area contributed by atoms with Gasteiger partial charge in [-0.05, 0) is 31.0 Å². The summed E-state index contributed by atoms with van der Waals surface area (Å²) in [6.45, 7) is 7.25. The van der Waals surface area contributed by atoms with Crippen molar-refractivity contribution >= 4 is 22.5 Å². The SMILES string of the molecule is C=CCc1c(C)c(C#N)c2[nH]c3ccccc3[n+]2c1NCCOCCO. The molecule has 6 nitrogen and oxygen atoms in total. The maximum atomic E-state index is 9.73. The number of aliphatic hydroxyl groups excluding tert-OH is 1. The van der Waals surface area contributed by atoms with E-state index in [1.807, 2.05) is 37.3 Å². The van der Waals surface area contributed by atoms with Crippen molar-refractivity contribution in [1.82, 2.24) is 4.98 Å². The third-order valence-corrected chi connectivity index (χ3v) is 4.43. The molecule has 0 aliphatic rings. The van der Waals surface area contributed by atoms with Crippen LogP contribution in [-0.4, -0.2) is 36.5 Å². The Labute approximate surface area is 152 Å². The topological polar surface area (TPSA) is 85.2 Å². The zero-order valence-corrected chi connectivity index (χ0v) is 14.9. The number of ether oxygens (including phenoxy) is 1. The van der Waals surface area contributed by atoms with Gasteiger partial charge in [-0.3, -0.25) is 4.98 Å². The van der Waals surface area contributed by atoms with E-state index in [0.29, 0.717) is 31.7 Å². The maximum absolute atomic E-state index is 9.73. The van der Waals surface area contributed by atoms with Gasteiger partial charge in [-0.15, -0.1) is 6.58 Å². The number of H-pyrrole nitrogens is 1. The molecular formula is C20H23N4O2+. The first-order valence-electron chi connectivity index (χ1n) is 8.64. The lowest BCUT2D eigenvalue weighted by molar-refractivity contribution is -0.465. The Morgan fingerprint density at radius 2 is 2.19 bits per heavy atom. The van der Waals surface area contributed by atoms with E-state index in [0.717, 1.165) is 33.6 Å². The summed E-state index contributed by atoms with van der Waals surface area (Å²) in [5.41, 5.74) is 5.37. The van der Waals surface area contributed by atoms with Gasteiger partial charge in [0.15, 0.2) is 0 Å². The number of nitrogens with one attached hydrogen (secondary N) is 2. The van der Waals surface area contributed by atoms with Crippen LogP contribution >= 0.6 is 0 Å². The molecule has 3 rings (SSSR count).